The van der Waals surface area contributed by atoms with Gasteiger partial charge in [-0.15, -0.1) is 0 Å². The first-order valence-electron chi connectivity index (χ1n) is 4.69. The SMILES string of the molecule is C=C(/C=C\C)c1ccccc1CC. The molecule has 0 aliphatic heterocycles. The van der Waals surface area contributed by atoms with E-state index in [0.717, 1.165) is 12.0 Å². The minimum absolute atomic E-state index is 1.06. The Morgan fingerprint density at radius 2 is 2.08 bits per heavy atom. The normalized spacial score (nSPS) is 10.6. The van der Waals surface area contributed by atoms with E-state index in [1.807, 2.05) is 13.0 Å². The molecule has 0 heterocycles. The Bertz CT molecular complexity index is 319. The number of rotatable bonds is 3. The maximum atomic E-state index is 4.04. The van der Waals surface area contributed by atoms with Gasteiger partial charge < -0.3 is 0 Å². The van der Waals surface area contributed by atoms with Crippen LogP contribution in [0.15, 0.2) is 43.0 Å². The fourth-order valence-electron chi connectivity index (χ4n) is 1.43. The Labute approximate surface area is 80.6 Å². The van der Waals surface area contributed by atoms with Crippen LogP contribution in [0.1, 0.15) is 25.0 Å². The Morgan fingerprint density at radius 3 is 2.69 bits per heavy atom. The summed E-state index contributed by atoms with van der Waals surface area (Å²) < 4.78 is 0. The maximum absolute atomic E-state index is 4.04. The molecular weight excluding hydrogens is 156 g/mol. The fourth-order valence-corrected chi connectivity index (χ4v) is 1.43. The smallest absolute Gasteiger partial charge is 0.0158 e. The van der Waals surface area contributed by atoms with Gasteiger partial charge in [-0.3, -0.25) is 0 Å². The van der Waals surface area contributed by atoms with E-state index in [1.165, 1.54) is 11.1 Å². The van der Waals surface area contributed by atoms with Gasteiger partial charge in [0.05, 0.1) is 0 Å². The van der Waals surface area contributed by atoms with Crippen molar-refractivity contribution in [2.24, 2.45) is 0 Å². The second kappa shape index (κ2) is 4.66. The van der Waals surface area contributed by atoms with Gasteiger partial charge in [-0.1, -0.05) is 49.9 Å². The van der Waals surface area contributed by atoms with Crippen LogP contribution in [0.25, 0.3) is 5.57 Å². The van der Waals surface area contributed by atoms with E-state index in [0.29, 0.717) is 0 Å². The van der Waals surface area contributed by atoms with Gasteiger partial charge in [0.2, 0.25) is 0 Å². The number of hydrogen-bond donors (Lipinski definition) is 0. The van der Waals surface area contributed by atoms with E-state index in [9.17, 15) is 0 Å². The van der Waals surface area contributed by atoms with Crippen molar-refractivity contribution in [2.75, 3.05) is 0 Å². The third-order valence-electron chi connectivity index (χ3n) is 2.11. The summed E-state index contributed by atoms with van der Waals surface area (Å²) in [6, 6.07) is 8.42. The number of benzene rings is 1. The van der Waals surface area contributed by atoms with Crippen LogP contribution in [0.3, 0.4) is 0 Å². The molecule has 1 rings (SSSR count). The third-order valence-corrected chi connectivity index (χ3v) is 2.11. The molecule has 0 aliphatic rings. The molecule has 0 spiro atoms. The summed E-state index contributed by atoms with van der Waals surface area (Å²) in [7, 11) is 0. The fraction of sp³-hybridized carbons (Fsp3) is 0.231. The number of hydrogen-bond acceptors (Lipinski definition) is 0. The molecule has 0 radical (unpaired) electrons. The summed E-state index contributed by atoms with van der Waals surface area (Å²) >= 11 is 0. The minimum atomic E-state index is 1.06. The molecule has 0 nitrogen and oxygen atoms in total. The van der Waals surface area contributed by atoms with E-state index < -0.39 is 0 Å². The van der Waals surface area contributed by atoms with Gasteiger partial charge in [0.1, 0.15) is 0 Å². The van der Waals surface area contributed by atoms with E-state index >= 15 is 0 Å². The monoisotopic (exact) mass is 172 g/mol. The molecule has 13 heavy (non-hydrogen) atoms. The zero-order valence-corrected chi connectivity index (χ0v) is 8.38. The van der Waals surface area contributed by atoms with Crippen LogP contribution < -0.4 is 0 Å². The van der Waals surface area contributed by atoms with Gasteiger partial charge in [-0.25, -0.2) is 0 Å². The van der Waals surface area contributed by atoms with Crippen LogP contribution >= 0.6 is 0 Å². The predicted octanol–water partition coefficient (Wildman–Crippen LogP) is 3.84. The maximum Gasteiger partial charge on any atom is -0.0158 e. The van der Waals surface area contributed by atoms with Crippen molar-refractivity contribution in [1.29, 1.82) is 0 Å². The highest BCUT2D eigenvalue weighted by Crippen LogP contribution is 2.18. The third kappa shape index (κ3) is 2.32. The van der Waals surface area contributed by atoms with Crippen molar-refractivity contribution in [1.82, 2.24) is 0 Å². The lowest BCUT2D eigenvalue weighted by Crippen LogP contribution is -1.88. The van der Waals surface area contributed by atoms with Gasteiger partial charge in [-0.2, -0.15) is 0 Å². The first-order chi connectivity index (χ1) is 6.29. The highest BCUT2D eigenvalue weighted by Gasteiger charge is 1.99. The van der Waals surface area contributed by atoms with Crippen molar-refractivity contribution >= 4 is 5.57 Å². The van der Waals surface area contributed by atoms with E-state index in [1.54, 1.807) is 0 Å². The molecule has 0 amide bonds. The standard InChI is InChI=1S/C13H16/c1-4-8-11(3)13-10-7-6-9-12(13)5-2/h4,6-10H,3,5H2,1-2H3/b8-4-. The zero-order chi connectivity index (χ0) is 9.68. The van der Waals surface area contributed by atoms with Gasteiger partial charge >= 0.3 is 0 Å². The van der Waals surface area contributed by atoms with Crippen molar-refractivity contribution in [3.05, 3.63) is 54.1 Å². The second-order valence-corrected chi connectivity index (χ2v) is 3.04. The summed E-state index contributed by atoms with van der Waals surface area (Å²) in [5, 5.41) is 0. The molecule has 0 heteroatoms. The lowest BCUT2D eigenvalue weighted by Gasteiger charge is -2.06. The van der Waals surface area contributed by atoms with Crippen LogP contribution in [0.5, 0.6) is 0 Å². The molecule has 0 atom stereocenters. The molecule has 1 aromatic rings. The lowest BCUT2D eigenvalue weighted by atomic mass is 9.99. The van der Waals surface area contributed by atoms with Crippen LogP contribution in [0.4, 0.5) is 0 Å². The topological polar surface area (TPSA) is 0 Å². The molecular formula is C13H16. The average Bonchev–Trinajstić information content (AvgIpc) is 2.18. The van der Waals surface area contributed by atoms with E-state index in [-0.39, 0.29) is 0 Å². The van der Waals surface area contributed by atoms with Crippen molar-refractivity contribution < 1.29 is 0 Å². The highest BCUT2D eigenvalue weighted by atomic mass is 14.0. The number of aryl methyl sites for hydroxylation is 1. The molecule has 0 saturated heterocycles. The Morgan fingerprint density at radius 1 is 1.38 bits per heavy atom. The summed E-state index contributed by atoms with van der Waals surface area (Å²) in [5.74, 6) is 0. The molecule has 68 valence electrons. The molecule has 1 aromatic carbocycles. The minimum Gasteiger partial charge on any atom is -0.0912 e. The molecule has 0 N–H and O–H groups in total. The first-order valence-corrected chi connectivity index (χ1v) is 4.69. The lowest BCUT2D eigenvalue weighted by molar-refractivity contribution is 1.13. The molecule has 0 fully saturated rings. The summed E-state index contributed by atoms with van der Waals surface area (Å²) in [6.07, 6.45) is 5.13. The first kappa shape index (κ1) is 9.79. The summed E-state index contributed by atoms with van der Waals surface area (Å²) in [6.45, 7) is 8.22. The van der Waals surface area contributed by atoms with Crippen LogP contribution in [0.2, 0.25) is 0 Å². The Balaban J connectivity index is 3.05. The van der Waals surface area contributed by atoms with E-state index in [4.69, 9.17) is 0 Å². The van der Waals surface area contributed by atoms with Crippen molar-refractivity contribution in [3.63, 3.8) is 0 Å². The van der Waals surface area contributed by atoms with Crippen LogP contribution in [-0.4, -0.2) is 0 Å². The highest BCUT2D eigenvalue weighted by molar-refractivity contribution is 5.74. The van der Waals surface area contributed by atoms with Crippen molar-refractivity contribution in [3.8, 4) is 0 Å². The van der Waals surface area contributed by atoms with Crippen LogP contribution in [-0.2, 0) is 6.42 Å². The average molecular weight is 172 g/mol. The largest absolute Gasteiger partial charge is 0.0912 e. The number of allylic oxidation sites excluding steroid dienone is 3. The van der Waals surface area contributed by atoms with E-state index in [2.05, 4.69) is 43.8 Å². The molecule has 0 aromatic heterocycles. The molecule has 0 unspecified atom stereocenters. The Kier molecular flexibility index (Phi) is 3.51. The van der Waals surface area contributed by atoms with Crippen molar-refractivity contribution in [2.45, 2.75) is 20.3 Å². The van der Waals surface area contributed by atoms with Gasteiger partial charge in [-0.05, 0) is 30.0 Å². The molecule has 0 saturated carbocycles. The Hall–Kier alpha value is -1.30. The molecule has 0 bridgehead atoms. The summed E-state index contributed by atoms with van der Waals surface area (Å²) in [4.78, 5) is 0. The summed E-state index contributed by atoms with van der Waals surface area (Å²) in [5.41, 5.74) is 3.73. The van der Waals surface area contributed by atoms with Gasteiger partial charge in [0.15, 0.2) is 0 Å². The van der Waals surface area contributed by atoms with Gasteiger partial charge in [0.25, 0.3) is 0 Å². The van der Waals surface area contributed by atoms with Crippen LogP contribution in [0, 0.1) is 0 Å². The van der Waals surface area contributed by atoms with Gasteiger partial charge in [0, 0.05) is 0 Å². The predicted molar refractivity (Wildman–Crippen MR) is 59.7 cm³/mol. The molecule has 0 aliphatic carbocycles. The second-order valence-electron chi connectivity index (χ2n) is 3.04. The quantitative estimate of drug-likeness (QED) is 0.608. The zero-order valence-electron chi connectivity index (χ0n) is 8.38.